The number of nitrogens with one attached hydrogen (secondary N) is 2. The maximum atomic E-state index is 13.8. The molecular formula is C32H35N5O6S. The van der Waals surface area contributed by atoms with Gasteiger partial charge in [-0.15, -0.1) is 11.3 Å². The molecule has 12 heteroatoms. The summed E-state index contributed by atoms with van der Waals surface area (Å²) in [7, 11) is 3.19. The molecule has 0 spiro atoms. The summed E-state index contributed by atoms with van der Waals surface area (Å²) in [5, 5.41) is 7.99. The number of rotatable bonds is 3. The van der Waals surface area contributed by atoms with Crippen LogP contribution in [0.4, 0.5) is 0 Å². The number of hydrogen-bond donors (Lipinski definition) is 2. The van der Waals surface area contributed by atoms with Crippen molar-refractivity contribution in [3.8, 4) is 28.4 Å². The number of nitrogens with zero attached hydrogens (tertiary/aromatic N) is 3. The molecule has 3 amide bonds. The van der Waals surface area contributed by atoms with Gasteiger partial charge < -0.3 is 29.7 Å². The van der Waals surface area contributed by atoms with Crippen LogP contribution in [0.1, 0.15) is 52.6 Å². The molecule has 6 rings (SSSR count). The predicted molar refractivity (Wildman–Crippen MR) is 166 cm³/mol. The van der Waals surface area contributed by atoms with Gasteiger partial charge in [0.15, 0.2) is 16.5 Å². The number of carbonyl (C=O) groups is 3. The van der Waals surface area contributed by atoms with Crippen LogP contribution in [0.15, 0.2) is 41.9 Å². The first-order chi connectivity index (χ1) is 21.4. The molecular weight excluding hydrogens is 582 g/mol. The van der Waals surface area contributed by atoms with E-state index in [4.69, 9.17) is 14.2 Å². The van der Waals surface area contributed by atoms with Gasteiger partial charge in [-0.05, 0) is 48.7 Å². The molecule has 2 aromatic heterocycles. The van der Waals surface area contributed by atoms with Crippen LogP contribution < -0.4 is 24.8 Å². The van der Waals surface area contributed by atoms with Crippen LogP contribution in [0.5, 0.6) is 17.2 Å². The molecule has 2 N–H and O–H groups in total. The smallest absolute Gasteiger partial charge is 0.272 e. The van der Waals surface area contributed by atoms with Gasteiger partial charge in [0.25, 0.3) is 5.91 Å². The summed E-state index contributed by atoms with van der Waals surface area (Å²) in [5.74, 6) is 1.32. The van der Waals surface area contributed by atoms with Crippen LogP contribution >= 0.6 is 11.3 Å². The van der Waals surface area contributed by atoms with E-state index in [9.17, 15) is 14.4 Å². The number of carbonyl (C=O) groups excluding carboxylic acids is 3. The summed E-state index contributed by atoms with van der Waals surface area (Å²) in [6.45, 7) is 2.97. The Morgan fingerprint density at radius 3 is 2.75 bits per heavy atom. The van der Waals surface area contributed by atoms with E-state index in [2.05, 4.69) is 15.6 Å². The summed E-state index contributed by atoms with van der Waals surface area (Å²) in [6, 6.07) is 9.52. The summed E-state index contributed by atoms with van der Waals surface area (Å²) in [4.78, 5) is 46.9. The van der Waals surface area contributed by atoms with E-state index in [1.165, 1.54) is 11.3 Å². The van der Waals surface area contributed by atoms with Gasteiger partial charge in [-0.1, -0.05) is 6.07 Å². The fourth-order valence-corrected chi connectivity index (χ4v) is 6.65. The minimum Gasteiger partial charge on any atom is -0.493 e. The molecule has 1 unspecified atom stereocenters. The van der Waals surface area contributed by atoms with Crippen molar-refractivity contribution in [3.63, 3.8) is 0 Å². The molecule has 0 radical (unpaired) electrons. The van der Waals surface area contributed by atoms with Gasteiger partial charge in [0.05, 0.1) is 32.6 Å². The first-order valence-electron chi connectivity index (χ1n) is 14.7. The van der Waals surface area contributed by atoms with Crippen LogP contribution in [0.25, 0.3) is 16.1 Å². The summed E-state index contributed by atoms with van der Waals surface area (Å²) in [5.41, 5.74) is 4.58. The minimum absolute atomic E-state index is 0.101. The third-order valence-electron chi connectivity index (χ3n) is 8.11. The maximum absolute atomic E-state index is 13.8. The lowest BCUT2D eigenvalue weighted by Gasteiger charge is -2.28. The summed E-state index contributed by atoms with van der Waals surface area (Å²) >= 11 is 1.45. The normalized spacial score (nSPS) is 17.6. The van der Waals surface area contributed by atoms with Crippen LogP contribution in [-0.2, 0) is 16.0 Å². The quantitative estimate of drug-likeness (QED) is 0.357. The summed E-state index contributed by atoms with van der Waals surface area (Å²) in [6.07, 6.45) is 3.27. The largest absolute Gasteiger partial charge is 0.493 e. The molecule has 230 valence electrons. The van der Waals surface area contributed by atoms with E-state index < -0.39 is 0 Å². The molecule has 2 aliphatic heterocycles. The van der Waals surface area contributed by atoms with Crippen molar-refractivity contribution in [3.05, 3.63) is 64.4 Å². The Balaban J connectivity index is 1.33. The van der Waals surface area contributed by atoms with Gasteiger partial charge in [0.1, 0.15) is 11.4 Å². The lowest BCUT2D eigenvalue weighted by Crippen LogP contribution is -2.41. The molecule has 0 fully saturated rings. The number of aromatic nitrogens is 2. The Hall–Kier alpha value is -4.58. The number of benzene rings is 2. The number of hydrogen-bond acceptors (Lipinski definition) is 8. The molecule has 0 aliphatic carbocycles. The zero-order valence-corrected chi connectivity index (χ0v) is 25.8. The van der Waals surface area contributed by atoms with Gasteiger partial charge >= 0.3 is 0 Å². The van der Waals surface area contributed by atoms with Crippen molar-refractivity contribution in [2.45, 2.75) is 38.6 Å². The molecule has 4 aromatic rings. The number of fused-ring (bicyclic) bond motifs is 5. The fourth-order valence-electron chi connectivity index (χ4n) is 5.89. The molecule has 4 bridgehead atoms. The third-order valence-corrected chi connectivity index (χ3v) is 8.87. The Kier molecular flexibility index (Phi) is 8.42. The second-order valence-electron chi connectivity index (χ2n) is 10.9. The molecule has 2 aliphatic rings. The molecule has 2 aromatic carbocycles. The molecule has 4 heterocycles. The highest BCUT2D eigenvalue weighted by Gasteiger charge is 2.27. The van der Waals surface area contributed by atoms with Gasteiger partial charge in [-0.25, -0.2) is 4.98 Å². The van der Waals surface area contributed by atoms with E-state index in [1.807, 2.05) is 41.9 Å². The number of imidazole rings is 1. The molecule has 0 saturated heterocycles. The Labute approximate surface area is 259 Å². The highest BCUT2D eigenvalue weighted by molar-refractivity contribution is 7.15. The van der Waals surface area contributed by atoms with Crippen LogP contribution in [0.3, 0.4) is 0 Å². The first-order valence-corrected chi connectivity index (χ1v) is 15.5. The fraction of sp³-hybridized carbons (Fsp3) is 0.375. The number of ether oxygens (including phenoxy) is 3. The van der Waals surface area contributed by atoms with E-state index in [-0.39, 0.29) is 56.2 Å². The van der Waals surface area contributed by atoms with E-state index in [1.54, 1.807) is 30.4 Å². The van der Waals surface area contributed by atoms with Gasteiger partial charge in [-0.3, -0.25) is 18.8 Å². The highest BCUT2D eigenvalue weighted by atomic mass is 32.1. The Morgan fingerprint density at radius 2 is 1.93 bits per heavy atom. The van der Waals surface area contributed by atoms with Crippen molar-refractivity contribution in [1.82, 2.24) is 24.9 Å². The van der Waals surface area contributed by atoms with Crippen molar-refractivity contribution in [1.29, 1.82) is 0 Å². The summed E-state index contributed by atoms with van der Waals surface area (Å²) < 4.78 is 19.1. The monoisotopic (exact) mass is 617 g/mol. The molecule has 11 nitrogen and oxygen atoms in total. The zero-order chi connectivity index (χ0) is 30.8. The van der Waals surface area contributed by atoms with Gasteiger partial charge in [0.2, 0.25) is 11.8 Å². The van der Waals surface area contributed by atoms with Crippen LogP contribution in [0.2, 0.25) is 0 Å². The predicted octanol–water partition coefficient (Wildman–Crippen LogP) is 3.92. The van der Waals surface area contributed by atoms with Crippen molar-refractivity contribution < 1.29 is 28.6 Å². The van der Waals surface area contributed by atoms with Crippen LogP contribution in [0, 0.1) is 6.92 Å². The lowest BCUT2D eigenvalue weighted by molar-refractivity contribution is -0.123. The van der Waals surface area contributed by atoms with Gasteiger partial charge in [-0.2, -0.15) is 0 Å². The maximum Gasteiger partial charge on any atom is 0.272 e. The lowest BCUT2D eigenvalue weighted by atomic mass is 9.93. The van der Waals surface area contributed by atoms with Crippen molar-refractivity contribution in [2.75, 3.05) is 40.5 Å². The number of methoxy groups -OCH3 is 2. The Morgan fingerprint density at radius 1 is 1.07 bits per heavy atom. The second-order valence-corrected chi connectivity index (χ2v) is 11.8. The van der Waals surface area contributed by atoms with Crippen LogP contribution in [-0.4, -0.2) is 72.5 Å². The van der Waals surface area contributed by atoms with E-state index in [0.717, 1.165) is 27.2 Å². The topological polar surface area (TPSA) is 124 Å². The number of amides is 3. The SMILES string of the molecule is COc1cc2cc(c1OC)-c1ccc3c(c1)C(CCO3)NC(=O)CCN(C(=O)c1c(C)nc3sccn13)CCNC(=O)CC2. The average molecular weight is 618 g/mol. The number of aryl methyl sites for hydroxylation is 2. The highest BCUT2D eigenvalue weighted by Crippen LogP contribution is 2.42. The standard InChI is InChI=1S/C32H35N5O6S/c1-19-29(37-13-15-44-32(37)34-19)31(40)36-11-8-28(39)35-24-9-14-43-25-6-5-21(18-23(24)25)22-16-20(4-7-27(38)33-10-12-36)17-26(41-2)30(22)42-3/h5-6,13,15-18,24H,4,7-12,14H2,1-3H3,(H,33,38)(H,35,39). The van der Waals surface area contributed by atoms with Gasteiger partial charge in [0, 0.05) is 61.6 Å². The van der Waals surface area contributed by atoms with Crippen molar-refractivity contribution in [2.24, 2.45) is 0 Å². The third kappa shape index (κ3) is 5.81. The van der Waals surface area contributed by atoms with E-state index >= 15 is 0 Å². The minimum atomic E-state index is -0.257. The average Bonchev–Trinajstić information content (AvgIpc) is 3.60. The molecule has 44 heavy (non-hydrogen) atoms. The molecule has 1 atom stereocenters. The molecule has 0 saturated carbocycles. The first kappa shape index (κ1) is 29.5. The number of thiazole rings is 1. The Bertz CT molecular complexity index is 1730. The van der Waals surface area contributed by atoms with Crippen molar-refractivity contribution >= 4 is 34.0 Å². The zero-order valence-electron chi connectivity index (χ0n) is 25.0. The van der Waals surface area contributed by atoms with E-state index in [0.29, 0.717) is 48.1 Å². The second kappa shape index (κ2) is 12.6.